The number of aliphatic carboxylic acids is 1. The van der Waals surface area contributed by atoms with Crippen LogP contribution in [0, 0.1) is 11.8 Å². The minimum Gasteiger partial charge on any atom is -0.503 e. The van der Waals surface area contributed by atoms with Gasteiger partial charge in [-0.1, -0.05) is 38.4 Å². The van der Waals surface area contributed by atoms with Crippen LogP contribution in [0.2, 0.25) is 5.15 Å². The van der Waals surface area contributed by atoms with E-state index in [-0.39, 0.29) is 35.6 Å². The van der Waals surface area contributed by atoms with Gasteiger partial charge in [0, 0.05) is 18.5 Å². The predicted octanol–water partition coefficient (Wildman–Crippen LogP) is 3.49. The van der Waals surface area contributed by atoms with Crippen LogP contribution in [0.5, 0.6) is 11.5 Å². The van der Waals surface area contributed by atoms with E-state index in [2.05, 4.69) is 15.3 Å². The average Bonchev–Trinajstić information content (AvgIpc) is 2.68. The predicted molar refractivity (Wildman–Crippen MR) is 112 cm³/mol. The lowest BCUT2D eigenvalue weighted by Crippen LogP contribution is -2.43. The van der Waals surface area contributed by atoms with Crippen molar-refractivity contribution in [3.05, 3.63) is 47.0 Å². The van der Waals surface area contributed by atoms with Gasteiger partial charge in [0.2, 0.25) is 0 Å². The molecule has 0 saturated heterocycles. The van der Waals surface area contributed by atoms with Crippen molar-refractivity contribution < 1.29 is 24.5 Å². The summed E-state index contributed by atoms with van der Waals surface area (Å²) in [4.78, 5) is 32.4. The molecule has 2 heterocycles. The van der Waals surface area contributed by atoms with Crippen molar-refractivity contribution in [2.24, 2.45) is 11.8 Å². The maximum absolute atomic E-state index is 12.6. The lowest BCUT2D eigenvalue weighted by atomic mass is 9.77. The number of methoxy groups -OCH3 is 1. The number of pyridine rings is 2. The zero-order valence-corrected chi connectivity index (χ0v) is 18.1. The van der Waals surface area contributed by atoms with Crippen LogP contribution in [0.3, 0.4) is 0 Å². The minimum absolute atomic E-state index is 0.0110. The summed E-state index contributed by atoms with van der Waals surface area (Å²) in [7, 11) is 1.34. The van der Waals surface area contributed by atoms with Crippen LogP contribution in [0.15, 0.2) is 30.6 Å². The number of amides is 1. The lowest BCUT2D eigenvalue weighted by Gasteiger charge is -2.30. The maximum Gasteiger partial charge on any atom is 0.326 e. The quantitative estimate of drug-likeness (QED) is 0.515. The van der Waals surface area contributed by atoms with E-state index in [1.807, 2.05) is 26.8 Å². The maximum atomic E-state index is 12.6. The molecular formula is C21H26ClN3O5. The largest absolute Gasteiger partial charge is 0.503 e. The Morgan fingerprint density at radius 2 is 1.90 bits per heavy atom. The summed E-state index contributed by atoms with van der Waals surface area (Å²) < 4.78 is 4.97. The second-order valence-electron chi connectivity index (χ2n) is 7.47. The number of rotatable bonds is 9. The summed E-state index contributed by atoms with van der Waals surface area (Å²) in [6.07, 6.45) is 3.17. The molecule has 2 rings (SSSR count). The van der Waals surface area contributed by atoms with E-state index < -0.39 is 23.7 Å². The van der Waals surface area contributed by atoms with Gasteiger partial charge in [0.05, 0.1) is 7.11 Å². The number of carbonyl (C=O) groups excluding carboxylic acids is 1. The summed E-state index contributed by atoms with van der Waals surface area (Å²) in [5.41, 5.74) is 0.653. The molecule has 2 aromatic heterocycles. The molecular weight excluding hydrogens is 410 g/mol. The molecule has 2 aromatic rings. The number of aromatic nitrogens is 2. The van der Waals surface area contributed by atoms with Gasteiger partial charge in [-0.3, -0.25) is 4.79 Å². The van der Waals surface area contributed by atoms with Crippen LogP contribution >= 0.6 is 11.6 Å². The van der Waals surface area contributed by atoms with Crippen molar-refractivity contribution in [3.63, 3.8) is 0 Å². The molecule has 0 saturated carbocycles. The number of hydrogen-bond acceptors (Lipinski definition) is 6. The molecule has 0 aliphatic carbocycles. The third kappa shape index (κ3) is 5.60. The zero-order chi connectivity index (χ0) is 22.4. The zero-order valence-electron chi connectivity index (χ0n) is 17.3. The monoisotopic (exact) mass is 435 g/mol. The topological polar surface area (TPSA) is 122 Å². The summed E-state index contributed by atoms with van der Waals surface area (Å²) in [6, 6.07) is 3.81. The van der Waals surface area contributed by atoms with Crippen LogP contribution in [-0.4, -0.2) is 45.2 Å². The molecule has 0 aromatic carbocycles. The Kier molecular flexibility index (Phi) is 8.00. The van der Waals surface area contributed by atoms with Crippen molar-refractivity contribution in [2.45, 2.75) is 39.2 Å². The van der Waals surface area contributed by atoms with Gasteiger partial charge in [-0.25, -0.2) is 14.8 Å². The fourth-order valence-electron chi connectivity index (χ4n) is 3.69. The van der Waals surface area contributed by atoms with Gasteiger partial charge in [-0.05, 0) is 35.8 Å². The number of carboxylic acids is 1. The molecule has 0 aliphatic heterocycles. The Morgan fingerprint density at radius 1 is 1.20 bits per heavy atom. The Hall–Kier alpha value is -2.87. The fourth-order valence-corrected chi connectivity index (χ4v) is 3.80. The third-order valence-electron chi connectivity index (χ3n) is 5.00. The molecule has 3 N–H and O–H groups in total. The van der Waals surface area contributed by atoms with Crippen molar-refractivity contribution >= 4 is 23.5 Å². The van der Waals surface area contributed by atoms with Gasteiger partial charge in [-0.15, -0.1) is 0 Å². The highest BCUT2D eigenvalue weighted by Crippen LogP contribution is 2.35. The molecule has 0 bridgehead atoms. The van der Waals surface area contributed by atoms with Gasteiger partial charge >= 0.3 is 5.97 Å². The third-order valence-corrected chi connectivity index (χ3v) is 5.22. The van der Waals surface area contributed by atoms with Gasteiger partial charge in [0.25, 0.3) is 5.91 Å². The van der Waals surface area contributed by atoms with Gasteiger partial charge in [-0.2, -0.15) is 0 Å². The number of nitrogens with one attached hydrogen (secondary N) is 1. The van der Waals surface area contributed by atoms with Crippen LogP contribution in [0.25, 0.3) is 0 Å². The Labute approximate surface area is 180 Å². The van der Waals surface area contributed by atoms with Gasteiger partial charge in [0.1, 0.15) is 11.2 Å². The number of ether oxygens (including phenoxy) is 1. The lowest BCUT2D eigenvalue weighted by molar-refractivity contribution is -0.139. The van der Waals surface area contributed by atoms with Crippen LogP contribution in [-0.2, 0) is 4.79 Å². The van der Waals surface area contributed by atoms with Crippen LogP contribution < -0.4 is 10.1 Å². The molecule has 30 heavy (non-hydrogen) atoms. The summed E-state index contributed by atoms with van der Waals surface area (Å²) >= 11 is 5.88. The van der Waals surface area contributed by atoms with E-state index in [9.17, 15) is 19.8 Å². The highest BCUT2D eigenvalue weighted by molar-refractivity contribution is 6.29. The molecule has 3 atom stereocenters. The van der Waals surface area contributed by atoms with Crippen LogP contribution in [0.4, 0.5) is 0 Å². The summed E-state index contributed by atoms with van der Waals surface area (Å²) in [6.45, 7) is 6.02. The standard InChI is InChI=1S/C21H26ClN3O5/c1-11(2)17(13-5-6-16(22)24-10-13)12(3)9-14(21(28)29)25-20(27)18-19(26)15(30-4)7-8-23-18/h5-8,10-12,14,17,26H,9H2,1-4H3,(H,25,27)(H,28,29)/t12?,14-,17?/m0/s1. The van der Waals surface area contributed by atoms with Gasteiger partial charge < -0.3 is 20.3 Å². The van der Waals surface area contributed by atoms with Crippen LogP contribution in [0.1, 0.15) is 49.2 Å². The van der Waals surface area contributed by atoms with E-state index in [1.54, 1.807) is 12.3 Å². The Balaban J connectivity index is 2.20. The first-order valence-electron chi connectivity index (χ1n) is 9.52. The van der Waals surface area contributed by atoms with Crippen molar-refractivity contribution in [1.29, 1.82) is 0 Å². The molecule has 0 spiro atoms. The number of halogens is 1. The molecule has 1 amide bonds. The number of hydrogen-bond donors (Lipinski definition) is 3. The Bertz CT molecular complexity index is 889. The first kappa shape index (κ1) is 23.4. The first-order valence-corrected chi connectivity index (χ1v) is 9.90. The highest BCUT2D eigenvalue weighted by atomic mass is 35.5. The highest BCUT2D eigenvalue weighted by Gasteiger charge is 2.30. The smallest absolute Gasteiger partial charge is 0.326 e. The first-order chi connectivity index (χ1) is 14.1. The van der Waals surface area contributed by atoms with E-state index in [1.165, 1.54) is 19.4 Å². The molecule has 0 fully saturated rings. The van der Waals surface area contributed by atoms with E-state index in [4.69, 9.17) is 16.3 Å². The number of carboxylic acid groups (broad SMARTS) is 1. The summed E-state index contributed by atoms with van der Waals surface area (Å²) in [5.74, 6) is -2.21. The molecule has 2 unspecified atom stereocenters. The SMILES string of the molecule is COc1ccnc(C(=O)N[C@@H](CC(C)C(c2ccc(Cl)nc2)C(C)C)C(=O)O)c1O. The molecule has 162 valence electrons. The Morgan fingerprint density at radius 3 is 2.43 bits per heavy atom. The summed E-state index contributed by atoms with van der Waals surface area (Å²) in [5, 5.41) is 22.6. The van der Waals surface area contributed by atoms with E-state index in [0.29, 0.717) is 5.15 Å². The normalized spacial score (nSPS) is 14.1. The van der Waals surface area contributed by atoms with Crippen molar-refractivity contribution in [1.82, 2.24) is 15.3 Å². The molecule has 8 nitrogen and oxygen atoms in total. The number of carbonyl (C=O) groups is 2. The minimum atomic E-state index is -1.17. The second-order valence-corrected chi connectivity index (χ2v) is 7.86. The van der Waals surface area contributed by atoms with Crippen molar-refractivity contribution in [3.8, 4) is 11.5 Å². The van der Waals surface area contributed by atoms with Gasteiger partial charge in [0.15, 0.2) is 17.2 Å². The second kappa shape index (κ2) is 10.2. The van der Waals surface area contributed by atoms with Crippen molar-refractivity contribution in [2.75, 3.05) is 7.11 Å². The molecule has 0 radical (unpaired) electrons. The van der Waals surface area contributed by atoms with E-state index in [0.717, 1.165) is 5.56 Å². The average molecular weight is 436 g/mol. The molecule has 0 aliphatic rings. The molecule has 9 heteroatoms. The fraction of sp³-hybridized carbons (Fsp3) is 0.429. The number of aromatic hydroxyl groups is 1. The van der Waals surface area contributed by atoms with E-state index >= 15 is 0 Å². The number of nitrogens with zero attached hydrogens (tertiary/aromatic N) is 2.